The molecule has 0 bridgehead atoms. The number of hydrogen-bond donors (Lipinski definition) is 1. The zero-order valence-corrected chi connectivity index (χ0v) is 17.8. The largest absolute Gasteiger partial charge is 0.494 e. The maximum absolute atomic E-state index is 13.1. The summed E-state index contributed by atoms with van der Waals surface area (Å²) in [6, 6.07) is 22.6. The number of aryl methyl sites for hydroxylation is 1. The lowest BCUT2D eigenvalue weighted by molar-refractivity contribution is -0.117. The van der Waals surface area contributed by atoms with E-state index >= 15 is 0 Å². The van der Waals surface area contributed by atoms with Gasteiger partial charge in [0.15, 0.2) is 0 Å². The van der Waals surface area contributed by atoms with Crippen molar-refractivity contribution in [1.82, 2.24) is 4.90 Å². The first kappa shape index (κ1) is 20.7. The minimum atomic E-state index is -0.344. The van der Waals surface area contributed by atoms with Gasteiger partial charge in [-0.25, -0.2) is 0 Å². The van der Waals surface area contributed by atoms with E-state index in [4.69, 9.17) is 4.74 Å². The van der Waals surface area contributed by atoms with Crippen LogP contribution >= 0.6 is 0 Å². The Balaban J connectivity index is 1.54. The van der Waals surface area contributed by atoms with Crippen molar-refractivity contribution in [2.24, 2.45) is 0 Å². The molecule has 4 rings (SSSR count). The summed E-state index contributed by atoms with van der Waals surface area (Å²) in [5, 5.41) is 2.95. The average molecular weight is 415 g/mol. The summed E-state index contributed by atoms with van der Waals surface area (Å²) >= 11 is 0. The van der Waals surface area contributed by atoms with Crippen LogP contribution in [0.4, 0.5) is 5.69 Å². The first-order valence-electron chi connectivity index (χ1n) is 10.5. The lowest BCUT2D eigenvalue weighted by atomic mass is 10.00. The highest BCUT2D eigenvalue weighted by Crippen LogP contribution is 2.34. The SMILES string of the molecule is CCOc1ccc(NC(=O)C[C@H](c2ccc(C)cc2)N2Cc3ccccc3C2=O)cc1. The number of fused-ring (bicyclic) bond motifs is 1. The van der Waals surface area contributed by atoms with Gasteiger partial charge in [-0.05, 0) is 55.3 Å². The van der Waals surface area contributed by atoms with E-state index in [2.05, 4.69) is 5.32 Å². The molecule has 31 heavy (non-hydrogen) atoms. The average Bonchev–Trinajstić information content (AvgIpc) is 3.11. The van der Waals surface area contributed by atoms with Crippen LogP contribution in [0.2, 0.25) is 0 Å². The number of benzene rings is 3. The van der Waals surface area contributed by atoms with E-state index in [0.29, 0.717) is 24.4 Å². The monoisotopic (exact) mass is 414 g/mol. The number of nitrogens with one attached hydrogen (secondary N) is 1. The molecule has 1 aliphatic heterocycles. The van der Waals surface area contributed by atoms with Gasteiger partial charge in [-0.1, -0.05) is 48.0 Å². The maximum Gasteiger partial charge on any atom is 0.255 e. The van der Waals surface area contributed by atoms with Crippen molar-refractivity contribution < 1.29 is 14.3 Å². The lowest BCUT2D eigenvalue weighted by Crippen LogP contribution is -2.32. The Kier molecular flexibility index (Phi) is 6.03. The Morgan fingerprint density at radius 3 is 2.42 bits per heavy atom. The van der Waals surface area contributed by atoms with E-state index < -0.39 is 0 Å². The van der Waals surface area contributed by atoms with E-state index in [0.717, 1.165) is 22.4 Å². The summed E-state index contributed by atoms with van der Waals surface area (Å²) < 4.78 is 5.45. The van der Waals surface area contributed by atoms with Crippen LogP contribution in [0.5, 0.6) is 5.75 Å². The molecule has 0 spiro atoms. The summed E-state index contributed by atoms with van der Waals surface area (Å²) in [5.41, 5.74) is 4.50. The third kappa shape index (κ3) is 4.61. The van der Waals surface area contributed by atoms with Crippen molar-refractivity contribution in [2.75, 3.05) is 11.9 Å². The predicted octanol–water partition coefficient (Wildman–Crippen LogP) is 5.12. The fraction of sp³-hybridized carbons (Fsp3) is 0.231. The predicted molar refractivity (Wildman–Crippen MR) is 121 cm³/mol. The molecule has 0 saturated heterocycles. The van der Waals surface area contributed by atoms with E-state index in [9.17, 15) is 9.59 Å². The summed E-state index contributed by atoms with van der Waals surface area (Å²) in [6.07, 6.45) is 0.177. The van der Waals surface area contributed by atoms with Crippen LogP contribution < -0.4 is 10.1 Å². The Bertz CT molecular complexity index is 1070. The van der Waals surface area contributed by atoms with Crippen molar-refractivity contribution in [1.29, 1.82) is 0 Å². The van der Waals surface area contributed by atoms with Crippen molar-refractivity contribution in [3.63, 3.8) is 0 Å². The van der Waals surface area contributed by atoms with Crippen LogP contribution in [-0.2, 0) is 11.3 Å². The molecule has 0 radical (unpaired) electrons. The zero-order chi connectivity index (χ0) is 21.8. The van der Waals surface area contributed by atoms with Crippen molar-refractivity contribution in [3.05, 3.63) is 95.1 Å². The third-order valence-electron chi connectivity index (χ3n) is 5.52. The molecule has 0 aliphatic carbocycles. The second kappa shape index (κ2) is 9.04. The number of amides is 2. The highest BCUT2D eigenvalue weighted by atomic mass is 16.5. The lowest BCUT2D eigenvalue weighted by Gasteiger charge is -2.28. The molecule has 0 aromatic heterocycles. The third-order valence-corrected chi connectivity index (χ3v) is 5.52. The molecule has 2 amide bonds. The number of rotatable bonds is 7. The fourth-order valence-electron chi connectivity index (χ4n) is 3.91. The van der Waals surface area contributed by atoms with E-state index in [1.165, 1.54) is 0 Å². The van der Waals surface area contributed by atoms with Crippen LogP contribution in [0, 0.1) is 6.92 Å². The van der Waals surface area contributed by atoms with Gasteiger partial charge in [0, 0.05) is 17.8 Å². The molecule has 1 heterocycles. The number of carbonyl (C=O) groups excluding carboxylic acids is 2. The molecular formula is C26H26N2O3. The molecule has 1 atom stereocenters. The van der Waals surface area contributed by atoms with Gasteiger partial charge in [-0.15, -0.1) is 0 Å². The second-order valence-electron chi connectivity index (χ2n) is 7.73. The minimum Gasteiger partial charge on any atom is -0.494 e. The highest BCUT2D eigenvalue weighted by Gasteiger charge is 2.34. The van der Waals surface area contributed by atoms with Gasteiger partial charge in [0.25, 0.3) is 5.91 Å². The standard InChI is InChI=1S/C26H26N2O3/c1-3-31-22-14-12-21(13-15-22)27-25(29)16-24(19-10-8-18(2)9-11-19)28-17-20-6-4-5-7-23(20)26(28)30/h4-15,24H,3,16-17H2,1-2H3,(H,27,29)/t24-/m1/s1. The molecule has 158 valence electrons. The Hall–Kier alpha value is -3.60. The van der Waals surface area contributed by atoms with E-state index in [-0.39, 0.29) is 24.3 Å². The number of anilines is 1. The van der Waals surface area contributed by atoms with Gasteiger partial charge in [-0.3, -0.25) is 9.59 Å². The maximum atomic E-state index is 13.1. The fourth-order valence-corrected chi connectivity index (χ4v) is 3.91. The first-order valence-corrected chi connectivity index (χ1v) is 10.5. The van der Waals surface area contributed by atoms with Crippen LogP contribution in [0.15, 0.2) is 72.8 Å². The summed E-state index contributed by atoms with van der Waals surface area (Å²) in [6.45, 7) is 5.05. The molecule has 1 N–H and O–H groups in total. The summed E-state index contributed by atoms with van der Waals surface area (Å²) in [4.78, 5) is 27.8. The molecule has 3 aromatic rings. The molecule has 1 aliphatic rings. The van der Waals surface area contributed by atoms with Gasteiger partial charge in [0.2, 0.25) is 5.91 Å². The minimum absolute atomic E-state index is 0.0324. The van der Waals surface area contributed by atoms with Gasteiger partial charge in [-0.2, -0.15) is 0 Å². The Morgan fingerprint density at radius 1 is 1.03 bits per heavy atom. The van der Waals surface area contributed by atoms with Crippen LogP contribution in [0.1, 0.15) is 46.4 Å². The van der Waals surface area contributed by atoms with Gasteiger partial charge >= 0.3 is 0 Å². The van der Waals surface area contributed by atoms with Crippen molar-refractivity contribution in [2.45, 2.75) is 32.9 Å². The van der Waals surface area contributed by atoms with Crippen LogP contribution in [-0.4, -0.2) is 23.3 Å². The smallest absolute Gasteiger partial charge is 0.255 e. The van der Waals surface area contributed by atoms with E-state index in [1.807, 2.05) is 86.6 Å². The Labute approximate surface area is 182 Å². The van der Waals surface area contributed by atoms with E-state index in [1.54, 1.807) is 4.90 Å². The van der Waals surface area contributed by atoms with Crippen LogP contribution in [0.25, 0.3) is 0 Å². The van der Waals surface area contributed by atoms with Crippen molar-refractivity contribution >= 4 is 17.5 Å². The molecule has 3 aromatic carbocycles. The quantitative estimate of drug-likeness (QED) is 0.584. The number of carbonyl (C=O) groups is 2. The molecule has 0 saturated carbocycles. The summed E-state index contributed by atoms with van der Waals surface area (Å²) in [5.74, 6) is 0.590. The van der Waals surface area contributed by atoms with Gasteiger partial charge < -0.3 is 15.0 Å². The molecule has 5 nitrogen and oxygen atoms in total. The van der Waals surface area contributed by atoms with Gasteiger partial charge in [0.05, 0.1) is 19.1 Å². The Morgan fingerprint density at radius 2 is 1.74 bits per heavy atom. The topological polar surface area (TPSA) is 58.6 Å². The van der Waals surface area contributed by atoms with Crippen LogP contribution in [0.3, 0.4) is 0 Å². The first-order chi connectivity index (χ1) is 15.0. The highest BCUT2D eigenvalue weighted by molar-refractivity contribution is 5.99. The molecular weight excluding hydrogens is 388 g/mol. The van der Waals surface area contributed by atoms with Gasteiger partial charge in [0.1, 0.15) is 5.75 Å². The summed E-state index contributed by atoms with van der Waals surface area (Å²) in [7, 11) is 0. The molecule has 5 heteroatoms. The van der Waals surface area contributed by atoms with Crippen molar-refractivity contribution in [3.8, 4) is 5.75 Å². The zero-order valence-electron chi connectivity index (χ0n) is 17.8. The second-order valence-corrected chi connectivity index (χ2v) is 7.73. The molecule has 0 unspecified atom stereocenters. The number of nitrogens with zero attached hydrogens (tertiary/aromatic N) is 1. The number of hydrogen-bond acceptors (Lipinski definition) is 3. The molecule has 0 fully saturated rings. The number of ether oxygens (including phenoxy) is 1. The normalized spacial score (nSPS) is 13.6.